The third-order valence-electron chi connectivity index (χ3n) is 2.49. The Labute approximate surface area is 92.9 Å². The van der Waals surface area contributed by atoms with E-state index in [1.54, 1.807) is 18.3 Å². The van der Waals surface area contributed by atoms with Crippen LogP contribution in [0.2, 0.25) is 0 Å². The summed E-state index contributed by atoms with van der Waals surface area (Å²) < 4.78 is 0.704. The first kappa shape index (κ1) is 11.4. The quantitative estimate of drug-likeness (QED) is 0.612. The van der Waals surface area contributed by atoms with Gasteiger partial charge in [0, 0.05) is 17.2 Å². The van der Waals surface area contributed by atoms with E-state index in [4.69, 9.17) is 0 Å². The number of aromatic nitrogens is 1. The molecule has 0 aromatic carbocycles. The van der Waals surface area contributed by atoms with Crippen LogP contribution in [0.15, 0.2) is 22.9 Å². The molecule has 1 rings (SSSR count). The van der Waals surface area contributed by atoms with Gasteiger partial charge in [0.15, 0.2) is 5.78 Å². The second-order valence-corrected chi connectivity index (χ2v) is 4.75. The highest BCUT2D eigenvalue weighted by molar-refractivity contribution is 9.10. The van der Waals surface area contributed by atoms with Crippen LogP contribution in [0.1, 0.15) is 37.6 Å². The summed E-state index contributed by atoms with van der Waals surface area (Å²) >= 11 is 3.26. The molecule has 0 aliphatic heterocycles. The van der Waals surface area contributed by atoms with E-state index >= 15 is 0 Å². The van der Waals surface area contributed by atoms with Crippen LogP contribution < -0.4 is 0 Å². The number of carbonyl (C=O) groups is 1. The van der Waals surface area contributed by atoms with Crippen LogP contribution in [-0.4, -0.2) is 10.8 Å². The van der Waals surface area contributed by atoms with Crippen molar-refractivity contribution in [1.29, 1.82) is 0 Å². The number of hydrogen-bond donors (Lipinski definition) is 0. The van der Waals surface area contributed by atoms with Gasteiger partial charge in [0.2, 0.25) is 0 Å². The van der Waals surface area contributed by atoms with E-state index in [-0.39, 0.29) is 11.2 Å². The van der Waals surface area contributed by atoms with Crippen molar-refractivity contribution < 1.29 is 4.79 Å². The van der Waals surface area contributed by atoms with Gasteiger partial charge in [0.05, 0.1) is 0 Å². The molecular formula is C11H14BrNO. The molecule has 0 unspecified atom stereocenters. The smallest absolute Gasteiger partial charge is 0.168 e. The van der Waals surface area contributed by atoms with Gasteiger partial charge in [-0.1, -0.05) is 20.8 Å². The molecule has 0 spiro atoms. The first-order valence-corrected chi connectivity index (χ1v) is 5.43. The maximum absolute atomic E-state index is 12.0. The molecule has 0 radical (unpaired) electrons. The zero-order valence-electron chi connectivity index (χ0n) is 8.67. The Morgan fingerprint density at radius 2 is 2.21 bits per heavy atom. The van der Waals surface area contributed by atoms with Crippen molar-refractivity contribution in [3.8, 4) is 0 Å². The molecule has 1 aromatic rings. The summed E-state index contributed by atoms with van der Waals surface area (Å²) in [7, 11) is 0. The maximum atomic E-state index is 12.0. The van der Waals surface area contributed by atoms with E-state index in [0.717, 1.165) is 12.0 Å². The van der Waals surface area contributed by atoms with Gasteiger partial charge >= 0.3 is 0 Å². The number of halogens is 1. The van der Waals surface area contributed by atoms with E-state index < -0.39 is 0 Å². The van der Waals surface area contributed by atoms with E-state index in [1.807, 2.05) is 20.8 Å². The summed E-state index contributed by atoms with van der Waals surface area (Å²) in [5.41, 5.74) is 0.430. The largest absolute Gasteiger partial charge is 0.294 e. The highest BCUT2D eigenvalue weighted by Gasteiger charge is 2.26. The molecule has 0 N–H and O–H groups in total. The van der Waals surface area contributed by atoms with Crippen molar-refractivity contribution in [3.63, 3.8) is 0 Å². The van der Waals surface area contributed by atoms with Gasteiger partial charge in [-0.3, -0.25) is 4.79 Å². The minimum atomic E-state index is -0.291. The lowest BCUT2D eigenvalue weighted by atomic mass is 9.82. The maximum Gasteiger partial charge on any atom is 0.168 e. The van der Waals surface area contributed by atoms with Crippen molar-refractivity contribution >= 4 is 21.7 Å². The highest BCUT2D eigenvalue weighted by Crippen LogP contribution is 2.25. The molecule has 0 amide bonds. The fourth-order valence-electron chi connectivity index (χ4n) is 1.09. The molecule has 0 fully saturated rings. The molecule has 3 heteroatoms. The molecule has 2 nitrogen and oxygen atoms in total. The van der Waals surface area contributed by atoms with Gasteiger partial charge < -0.3 is 0 Å². The van der Waals surface area contributed by atoms with Crippen LogP contribution in [0.25, 0.3) is 0 Å². The zero-order chi connectivity index (χ0) is 10.8. The van der Waals surface area contributed by atoms with Gasteiger partial charge in [-0.2, -0.15) is 0 Å². The third-order valence-corrected chi connectivity index (χ3v) is 2.92. The fraction of sp³-hybridized carbons (Fsp3) is 0.455. The van der Waals surface area contributed by atoms with Crippen LogP contribution in [-0.2, 0) is 0 Å². The predicted octanol–water partition coefficient (Wildman–Crippen LogP) is 3.46. The minimum Gasteiger partial charge on any atom is -0.294 e. The van der Waals surface area contributed by atoms with Crippen LogP contribution >= 0.6 is 15.9 Å². The molecule has 76 valence electrons. The van der Waals surface area contributed by atoms with Crippen LogP contribution in [0.5, 0.6) is 0 Å². The van der Waals surface area contributed by atoms with Crippen LogP contribution in [0.3, 0.4) is 0 Å². The Kier molecular flexibility index (Phi) is 3.43. The standard InChI is InChI=1S/C11H14BrNO/c1-4-11(2,3)10(14)8-5-6-13-9(12)7-8/h5-7H,4H2,1-3H3. The second-order valence-electron chi connectivity index (χ2n) is 3.93. The number of pyridine rings is 1. The topological polar surface area (TPSA) is 30.0 Å². The fourth-order valence-corrected chi connectivity index (χ4v) is 1.46. The number of hydrogen-bond acceptors (Lipinski definition) is 2. The highest BCUT2D eigenvalue weighted by atomic mass is 79.9. The number of rotatable bonds is 3. The van der Waals surface area contributed by atoms with Crippen molar-refractivity contribution in [2.75, 3.05) is 0 Å². The molecular weight excluding hydrogens is 242 g/mol. The first-order valence-electron chi connectivity index (χ1n) is 4.63. The first-order chi connectivity index (χ1) is 6.47. The minimum absolute atomic E-state index is 0.170. The Hall–Kier alpha value is -0.700. The van der Waals surface area contributed by atoms with Gasteiger partial charge in [-0.05, 0) is 34.5 Å². The molecule has 0 aliphatic rings. The van der Waals surface area contributed by atoms with Crippen molar-refractivity contribution in [1.82, 2.24) is 4.98 Å². The number of ketones is 1. The van der Waals surface area contributed by atoms with Gasteiger partial charge in [-0.25, -0.2) is 4.98 Å². The summed E-state index contributed by atoms with van der Waals surface area (Å²) in [6, 6.07) is 3.52. The SMILES string of the molecule is CCC(C)(C)C(=O)c1ccnc(Br)c1. The number of nitrogens with zero attached hydrogens (tertiary/aromatic N) is 1. The van der Waals surface area contributed by atoms with E-state index in [9.17, 15) is 4.79 Å². The molecule has 1 aromatic heterocycles. The number of carbonyl (C=O) groups excluding carboxylic acids is 1. The van der Waals surface area contributed by atoms with Crippen molar-refractivity contribution in [3.05, 3.63) is 28.5 Å². The van der Waals surface area contributed by atoms with E-state index in [0.29, 0.717) is 4.60 Å². The molecule has 0 aliphatic carbocycles. The van der Waals surface area contributed by atoms with Crippen molar-refractivity contribution in [2.45, 2.75) is 27.2 Å². The van der Waals surface area contributed by atoms with Crippen LogP contribution in [0.4, 0.5) is 0 Å². The van der Waals surface area contributed by atoms with Gasteiger partial charge in [-0.15, -0.1) is 0 Å². The Morgan fingerprint density at radius 1 is 1.57 bits per heavy atom. The van der Waals surface area contributed by atoms with Crippen LogP contribution in [0, 0.1) is 5.41 Å². The summed E-state index contributed by atoms with van der Waals surface area (Å²) in [5.74, 6) is 0.170. The predicted molar refractivity (Wildman–Crippen MR) is 60.3 cm³/mol. The summed E-state index contributed by atoms with van der Waals surface area (Å²) in [6.45, 7) is 5.95. The summed E-state index contributed by atoms with van der Waals surface area (Å²) in [4.78, 5) is 16.0. The summed E-state index contributed by atoms with van der Waals surface area (Å²) in [6.07, 6.45) is 2.48. The zero-order valence-corrected chi connectivity index (χ0v) is 10.3. The normalized spacial score (nSPS) is 11.4. The Morgan fingerprint density at radius 3 is 2.71 bits per heavy atom. The van der Waals surface area contributed by atoms with E-state index in [1.165, 1.54) is 0 Å². The average Bonchev–Trinajstić information content (AvgIpc) is 2.16. The second kappa shape index (κ2) is 4.22. The molecule has 0 saturated heterocycles. The Bertz CT molecular complexity index is 347. The van der Waals surface area contributed by atoms with Gasteiger partial charge in [0.1, 0.15) is 4.60 Å². The lowest BCUT2D eigenvalue weighted by molar-refractivity contribution is 0.0833. The Balaban J connectivity index is 3.01. The molecule has 1 heterocycles. The number of Topliss-reactive ketones (excluding diaryl/α,β-unsaturated/α-hetero) is 1. The molecule has 0 saturated carbocycles. The lowest BCUT2D eigenvalue weighted by Crippen LogP contribution is -2.23. The molecule has 0 bridgehead atoms. The molecule has 0 atom stereocenters. The lowest BCUT2D eigenvalue weighted by Gasteiger charge is -2.20. The van der Waals surface area contributed by atoms with Gasteiger partial charge in [0.25, 0.3) is 0 Å². The average molecular weight is 256 g/mol. The van der Waals surface area contributed by atoms with E-state index in [2.05, 4.69) is 20.9 Å². The van der Waals surface area contributed by atoms with Crippen molar-refractivity contribution in [2.24, 2.45) is 5.41 Å². The third kappa shape index (κ3) is 2.41. The molecule has 14 heavy (non-hydrogen) atoms. The monoisotopic (exact) mass is 255 g/mol. The summed E-state index contributed by atoms with van der Waals surface area (Å²) in [5, 5.41) is 0.